The van der Waals surface area contributed by atoms with Crippen LogP contribution < -0.4 is 10.1 Å². The largest absolute Gasteiger partial charge is 0.484 e. The Morgan fingerprint density at radius 3 is 2.42 bits per heavy atom. The van der Waals surface area contributed by atoms with E-state index in [9.17, 15) is 9.18 Å². The van der Waals surface area contributed by atoms with Gasteiger partial charge >= 0.3 is 0 Å². The van der Waals surface area contributed by atoms with Gasteiger partial charge in [0.05, 0.1) is 6.54 Å². The molecule has 1 amide bonds. The quantitative estimate of drug-likeness (QED) is 0.855. The molecule has 0 aromatic heterocycles. The van der Waals surface area contributed by atoms with Gasteiger partial charge in [0.1, 0.15) is 11.6 Å². The zero-order chi connectivity index (χ0) is 17.4. The van der Waals surface area contributed by atoms with Crippen molar-refractivity contribution in [2.45, 2.75) is 19.8 Å². The Hall–Kier alpha value is -2.80. The van der Waals surface area contributed by atoms with Crippen LogP contribution in [0.2, 0.25) is 0 Å². The molecule has 124 valence electrons. The standard InChI is InChI=1S/C20H20FNO2/c1-15(2)17-7-11-19(12-8-17)24-14-20(23)22-13-3-4-16-5-9-18(21)10-6-16/h5-12,15H,13-14H2,1-2H3,(H,22,23). The van der Waals surface area contributed by atoms with Crippen molar-refractivity contribution in [3.05, 3.63) is 65.5 Å². The minimum absolute atomic E-state index is 0.0563. The normalized spacial score (nSPS) is 10.0. The zero-order valence-electron chi connectivity index (χ0n) is 13.8. The van der Waals surface area contributed by atoms with Gasteiger partial charge in [-0.05, 0) is 47.9 Å². The van der Waals surface area contributed by atoms with Gasteiger partial charge in [-0.15, -0.1) is 0 Å². The molecule has 0 aliphatic rings. The van der Waals surface area contributed by atoms with Crippen molar-refractivity contribution in [3.63, 3.8) is 0 Å². The third-order valence-electron chi connectivity index (χ3n) is 3.37. The maximum Gasteiger partial charge on any atom is 0.258 e. The average Bonchev–Trinajstić information content (AvgIpc) is 2.59. The molecule has 0 radical (unpaired) electrons. The minimum atomic E-state index is -0.299. The molecule has 0 atom stereocenters. The maximum atomic E-state index is 12.7. The van der Waals surface area contributed by atoms with Gasteiger partial charge in [0.2, 0.25) is 0 Å². The van der Waals surface area contributed by atoms with Gasteiger partial charge in [0.25, 0.3) is 5.91 Å². The Morgan fingerprint density at radius 2 is 1.79 bits per heavy atom. The van der Waals surface area contributed by atoms with Crippen LogP contribution in [0, 0.1) is 17.7 Å². The molecule has 0 aliphatic heterocycles. The van der Waals surface area contributed by atoms with Crippen molar-refractivity contribution in [1.82, 2.24) is 5.32 Å². The highest BCUT2D eigenvalue weighted by Gasteiger charge is 2.03. The molecule has 2 aromatic rings. The molecule has 1 N–H and O–H groups in total. The number of rotatable bonds is 5. The first kappa shape index (κ1) is 17.6. The molecule has 24 heavy (non-hydrogen) atoms. The third-order valence-corrected chi connectivity index (χ3v) is 3.37. The Morgan fingerprint density at radius 1 is 1.12 bits per heavy atom. The van der Waals surface area contributed by atoms with Crippen molar-refractivity contribution in [3.8, 4) is 17.6 Å². The third kappa shape index (κ3) is 5.77. The van der Waals surface area contributed by atoms with E-state index in [0.717, 1.165) is 0 Å². The van der Waals surface area contributed by atoms with Gasteiger partial charge in [0.15, 0.2) is 6.61 Å². The highest BCUT2D eigenvalue weighted by Crippen LogP contribution is 2.18. The molecule has 2 aromatic carbocycles. The van der Waals surface area contributed by atoms with E-state index < -0.39 is 0 Å². The summed E-state index contributed by atoms with van der Waals surface area (Å²) in [5.41, 5.74) is 1.93. The lowest BCUT2D eigenvalue weighted by molar-refractivity contribution is -0.122. The summed E-state index contributed by atoms with van der Waals surface area (Å²) < 4.78 is 18.2. The molecular formula is C20H20FNO2. The number of hydrogen-bond donors (Lipinski definition) is 1. The van der Waals surface area contributed by atoms with E-state index in [1.54, 1.807) is 12.1 Å². The van der Waals surface area contributed by atoms with Gasteiger partial charge in [-0.2, -0.15) is 0 Å². The number of carbonyl (C=O) groups excluding carboxylic acids is 1. The SMILES string of the molecule is CC(C)c1ccc(OCC(=O)NCC#Cc2ccc(F)cc2)cc1. The van der Waals surface area contributed by atoms with Crippen molar-refractivity contribution >= 4 is 5.91 Å². The average molecular weight is 325 g/mol. The van der Waals surface area contributed by atoms with E-state index in [0.29, 0.717) is 17.2 Å². The molecule has 0 fully saturated rings. The Balaban J connectivity index is 1.73. The van der Waals surface area contributed by atoms with E-state index in [2.05, 4.69) is 31.0 Å². The lowest BCUT2D eigenvalue weighted by atomic mass is 10.0. The number of benzene rings is 2. The van der Waals surface area contributed by atoms with Crippen LogP contribution in [0.5, 0.6) is 5.75 Å². The van der Waals surface area contributed by atoms with Crippen molar-refractivity contribution in [2.24, 2.45) is 0 Å². The lowest BCUT2D eigenvalue weighted by Crippen LogP contribution is -2.29. The molecule has 4 heteroatoms. The predicted molar refractivity (Wildman–Crippen MR) is 92.3 cm³/mol. The first-order chi connectivity index (χ1) is 11.5. The van der Waals surface area contributed by atoms with E-state index in [1.165, 1.54) is 17.7 Å². The van der Waals surface area contributed by atoms with Crippen LogP contribution in [0.15, 0.2) is 48.5 Å². The Kier molecular flexibility index (Phi) is 6.39. The summed E-state index contributed by atoms with van der Waals surface area (Å²) in [5, 5.41) is 2.65. The van der Waals surface area contributed by atoms with Crippen LogP contribution in [0.1, 0.15) is 30.9 Å². The van der Waals surface area contributed by atoms with Crippen molar-refractivity contribution in [1.29, 1.82) is 0 Å². The number of carbonyl (C=O) groups is 1. The summed E-state index contributed by atoms with van der Waals surface area (Å²) in [6.45, 7) is 4.40. The van der Waals surface area contributed by atoms with Crippen molar-refractivity contribution in [2.75, 3.05) is 13.2 Å². The smallest absolute Gasteiger partial charge is 0.258 e. The monoisotopic (exact) mass is 325 g/mol. The first-order valence-corrected chi connectivity index (χ1v) is 7.78. The van der Waals surface area contributed by atoms with Gasteiger partial charge in [0, 0.05) is 5.56 Å². The molecule has 0 bridgehead atoms. The number of hydrogen-bond acceptors (Lipinski definition) is 2. The van der Waals surface area contributed by atoms with Gasteiger partial charge < -0.3 is 10.1 Å². The van der Waals surface area contributed by atoms with E-state index in [-0.39, 0.29) is 24.9 Å². The van der Waals surface area contributed by atoms with Crippen LogP contribution in [-0.4, -0.2) is 19.1 Å². The maximum absolute atomic E-state index is 12.7. The first-order valence-electron chi connectivity index (χ1n) is 7.78. The number of halogens is 1. The van der Waals surface area contributed by atoms with Crippen LogP contribution in [-0.2, 0) is 4.79 Å². The molecule has 2 rings (SSSR count). The van der Waals surface area contributed by atoms with Gasteiger partial charge in [-0.1, -0.05) is 37.8 Å². The molecule has 0 saturated carbocycles. The summed E-state index contributed by atoms with van der Waals surface area (Å²) in [4.78, 5) is 11.7. The second-order valence-electron chi connectivity index (χ2n) is 5.60. The molecule has 3 nitrogen and oxygen atoms in total. The molecule has 0 aliphatic carbocycles. The fourth-order valence-corrected chi connectivity index (χ4v) is 1.97. The fourth-order valence-electron chi connectivity index (χ4n) is 1.97. The summed E-state index contributed by atoms with van der Waals surface area (Å²) in [7, 11) is 0. The highest BCUT2D eigenvalue weighted by atomic mass is 19.1. The second kappa shape index (κ2) is 8.73. The molecule has 0 spiro atoms. The fraction of sp³-hybridized carbons (Fsp3) is 0.250. The number of amides is 1. The van der Waals surface area contributed by atoms with E-state index >= 15 is 0 Å². The molecule has 0 saturated heterocycles. The van der Waals surface area contributed by atoms with Crippen LogP contribution in [0.25, 0.3) is 0 Å². The number of nitrogens with one attached hydrogen (secondary N) is 1. The van der Waals surface area contributed by atoms with Crippen LogP contribution in [0.4, 0.5) is 4.39 Å². The number of ether oxygens (including phenoxy) is 1. The van der Waals surface area contributed by atoms with Crippen LogP contribution in [0.3, 0.4) is 0 Å². The molecular weight excluding hydrogens is 305 g/mol. The summed E-state index contributed by atoms with van der Waals surface area (Å²) in [6.07, 6.45) is 0. The van der Waals surface area contributed by atoms with E-state index in [4.69, 9.17) is 4.74 Å². The summed E-state index contributed by atoms with van der Waals surface area (Å²) >= 11 is 0. The van der Waals surface area contributed by atoms with Crippen LogP contribution >= 0.6 is 0 Å². The summed E-state index contributed by atoms with van der Waals surface area (Å²) in [5.74, 6) is 6.24. The summed E-state index contributed by atoms with van der Waals surface area (Å²) in [6, 6.07) is 13.6. The Bertz CT molecular complexity index is 725. The molecule has 0 unspecified atom stereocenters. The van der Waals surface area contributed by atoms with Gasteiger partial charge in [-0.3, -0.25) is 4.79 Å². The Labute approximate surface area is 141 Å². The zero-order valence-corrected chi connectivity index (χ0v) is 13.8. The van der Waals surface area contributed by atoms with E-state index in [1.807, 2.05) is 24.3 Å². The topological polar surface area (TPSA) is 38.3 Å². The predicted octanol–water partition coefficient (Wildman–Crippen LogP) is 3.50. The minimum Gasteiger partial charge on any atom is -0.484 e. The second-order valence-corrected chi connectivity index (χ2v) is 5.60. The van der Waals surface area contributed by atoms with Gasteiger partial charge in [-0.25, -0.2) is 4.39 Å². The molecule has 0 heterocycles. The highest BCUT2D eigenvalue weighted by molar-refractivity contribution is 5.77. The lowest BCUT2D eigenvalue weighted by Gasteiger charge is -2.08. The van der Waals surface area contributed by atoms with Crippen molar-refractivity contribution < 1.29 is 13.9 Å².